The number of anilines is 2. The van der Waals surface area contributed by atoms with E-state index in [9.17, 15) is 4.79 Å². The Morgan fingerprint density at radius 1 is 1.16 bits per heavy atom. The Bertz CT molecular complexity index is 1120. The van der Waals surface area contributed by atoms with Gasteiger partial charge in [-0.2, -0.15) is 4.68 Å². The van der Waals surface area contributed by atoms with Crippen LogP contribution < -0.4 is 20.1 Å². The van der Waals surface area contributed by atoms with Gasteiger partial charge >= 0.3 is 0 Å². The summed E-state index contributed by atoms with van der Waals surface area (Å²) in [6, 6.07) is 14.4. The highest BCUT2D eigenvalue weighted by Gasteiger charge is 2.34. The smallest absolute Gasteiger partial charge is 0.255 e. The number of methoxy groups -OCH3 is 1. The normalized spacial score (nSPS) is 15.3. The van der Waals surface area contributed by atoms with Crippen LogP contribution in [-0.2, 0) is 4.79 Å². The zero-order chi connectivity index (χ0) is 22.0. The summed E-state index contributed by atoms with van der Waals surface area (Å²) in [6.45, 7) is 5.78. The lowest BCUT2D eigenvalue weighted by Gasteiger charge is -2.28. The van der Waals surface area contributed by atoms with Gasteiger partial charge in [-0.25, -0.2) is 0 Å². The molecule has 31 heavy (non-hydrogen) atoms. The van der Waals surface area contributed by atoms with Gasteiger partial charge in [0.15, 0.2) is 0 Å². The zero-order valence-corrected chi connectivity index (χ0v) is 17.8. The van der Waals surface area contributed by atoms with E-state index in [1.54, 1.807) is 23.9 Å². The summed E-state index contributed by atoms with van der Waals surface area (Å²) >= 11 is 0. The van der Waals surface area contributed by atoms with E-state index in [0.29, 0.717) is 28.7 Å². The quantitative estimate of drug-likeness (QED) is 0.630. The number of benzene rings is 2. The lowest BCUT2D eigenvalue weighted by molar-refractivity contribution is -0.113. The van der Waals surface area contributed by atoms with Gasteiger partial charge in [-0.3, -0.25) is 4.79 Å². The number of hydrogen-bond donors (Lipinski definition) is 2. The van der Waals surface area contributed by atoms with Crippen molar-refractivity contribution in [2.24, 2.45) is 0 Å². The molecular formula is C22H24N6O3. The predicted molar refractivity (Wildman–Crippen MR) is 116 cm³/mol. The van der Waals surface area contributed by atoms with Gasteiger partial charge in [-0.15, -0.1) is 0 Å². The molecule has 1 aliphatic rings. The summed E-state index contributed by atoms with van der Waals surface area (Å²) in [5.74, 6) is 1.53. The Morgan fingerprint density at radius 2 is 1.90 bits per heavy atom. The maximum absolute atomic E-state index is 13.4. The Kier molecular flexibility index (Phi) is 5.57. The fourth-order valence-corrected chi connectivity index (χ4v) is 3.55. The molecule has 0 saturated carbocycles. The molecule has 1 amide bonds. The molecule has 9 heteroatoms. The number of rotatable bonds is 6. The van der Waals surface area contributed by atoms with Gasteiger partial charge in [0, 0.05) is 5.70 Å². The van der Waals surface area contributed by atoms with Crippen molar-refractivity contribution in [1.29, 1.82) is 0 Å². The highest BCUT2D eigenvalue weighted by Crippen LogP contribution is 2.36. The predicted octanol–water partition coefficient (Wildman–Crippen LogP) is 3.40. The van der Waals surface area contributed by atoms with Crippen molar-refractivity contribution in [1.82, 2.24) is 20.2 Å². The number of nitrogens with zero attached hydrogens (tertiary/aromatic N) is 4. The number of carbonyl (C=O) groups excluding carboxylic acids is 1. The van der Waals surface area contributed by atoms with Crippen molar-refractivity contribution in [3.63, 3.8) is 0 Å². The van der Waals surface area contributed by atoms with Gasteiger partial charge in [-0.1, -0.05) is 29.4 Å². The molecule has 0 aliphatic carbocycles. The average Bonchev–Trinajstić information content (AvgIpc) is 3.21. The molecule has 1 atom stereocenters. The van der Waals surface area contributed by atoms with E-state index in [-0.39, 0.29) is 12.0 Å². The average molecular weight is 420 g/mol. The van der Waals surface area contributed by atoms with Gasteiger partial charge in [0.2, 0.25) is 5.95 Å². The van der Waals surface area contributed by atoms with Crippen LogP contribution in [0, 0.1) is 0 Å². The Balaban J connectivity index is 1.71. The van der Waals surface area contributed by atoms with Crippen LogP contribution in [0.15, 0.2) is 59.8 Å². The van der Waals surface area contributed by atoms with Gasteiger partial charge in [0.25, 0.3) is 5.91 Å². The lowest BCUT2D eigenvalue weighted by atomic mass is 9.95. The highest BCUT2D eigenvalue weighted by molar-refractivity contribution is 6.06. The number of carbonyl (C=O) groups is 1. The van der Waals surface area contributed by atoms with E-state index in [1.165, 1.54) is 0 Å². The van der Waals surface area contributed by atoms with Crippen LogP contribution >= 0.6 is 0 Å². The van der Waals surface area contributed by atoms with Gasteiger partial charge < -0.3 is 20.1 Å². The summed E-state index contributed by atoms with van der Waals surface area (Å²) in [7, 11) is 1.56. The molecule has 2 N–H and O–H groups in total. The number of para-hydroxylation sites is 2. The Labute approximate surface area is 180 Å². The molecule has 0 fully saturated rings. The van der Waals surface area contributed by atoms with Crippen molar-refractivity contribution in [2.45, 2.75) is 32.9 Å². The molecule has 1 unspecified atom stereocenters. The van der Waals surface area contributed by atoms with Crippen molar-refractivity contribution in [3.05, 3.63) is 65.4 Å². The van der Waals surface area contributed by atoms with Crippen molar-refractivity contribution < 1.29 is 14.3 Å². The second-order valence-electron chi connectivity index (χ2n) is 7.40. The minimum Gasteiger partial charge on any atom is -0.495 e. The van der Waals surface area contributed by atoms with E-state index < -0.39 is 6.04 Å². The van der Waals surface area contributed by atoms with Crippen LogP contribution in [0.3, 0.4) is 0 Å². The molecule has 1 aliphatic heterocycles. The van der Waals surface area contributed by atoms with Crippen molar-refractivity contribution >= 4 is 17.5 Å². The summed E-state index contributed by atoms with van der Waals surface area (Å²) in [4.78, 5) is 13.4. The molecule has 0 radical (unpaired) electrons. The van der Waals surface area contributed by atoms with Gasteiger partial charge in [0.05, 0.1) is 24.5 Å². The fraction of sp³-hybridized carbons (Fsp3) is 0.273. The number of ether oxygens (including phenoxy) is 2. The van der Waals surface area contributed by atoms with Crippen LogP contribution in [0.5, 0.6) is 11.5 Å². The van der Waals surface area contributed by atoms with E-state index in [2.05, 4.69) is 26.2 Å². The SMILES string of the molecule is COc1ccccc1NC(=O)C1=C(C)Nc2nnnn2C1c1ccc(OC(C)C)cc1. The number of nitrogens with one attached hydrogen (secondary N) is 2. The highest BCUT2D eigenvalue weighted by atomic mass is 16.5. The first kappa shape index (κ1) is 20.4. The molecule has 0 bridgehead atoms. The minimum absolute atomic E-state index is 0.0696. The number of tetrazole rings is 1. The Hall–Kier alpha value is -3.88. The first-order valence-corrected chi connectivity index (χ1v) is 9.94. The topological polar surface area (TPSA) is 103 Å². The summed E-state index contributed by atoms with van der Waals surface area (Å²) < 4.78 is 12.7. The summed E-state index contributed by atoms with van der Waals surface area (Å²) in [5, 5.41) is 18.0. The lowest BCUT2D eigenvalue weighted by Crippen LogP contribution is -2.31. The number of fused-ring (bicyclic) bond motifs is 1. The first-order chi connectivity index (χ1) is 15.0. The number of allylic oxidation sites excluding steroid dienone is 1. The molecular weight excluding hydrogens is 396 g/mol. The zero-order valence-electron chi connectivity index (χ0n) is 17.8. The molecule has 0 spiro atoms. The minimum atomic E-state index is -0.506. The number of amides is 1. The Morgan fingerprint density at radius 3 is 2.61 bits per heavy atom. The van der Waals surface area contributed by atoms with E-state index in [0.717, 1.165) is 11.3 Å². The largest absolute Gasteiger partial charge is 0.495 e. The van der Waals surface area contributed by atoms with E-state index in [4.69, 9.17) is 9.47 Å². The van der Waals surface area contributed by atoms with Gasteiger partial charge in [-0.05, 0) is 61.0 Å². The van der Waals surface area contributed by atoms with Crippen LogP contribution in [0.25, 0.3) is 0 Å². The van der Waals surface area contributed by atoms with E-state index in [1.807, 2.05) is 57.2 Å². The second-order valence-corrected chi connectivity index (χ2v) is 7.40. The maximum atomic E-state index is 13.4. The van der Waals surface area contributed by atoms with Gasteiger partial charge in [0.1, 0.15) is 17.5 Å². The molecule has 1 aromatic heterocycles. The summed E-state index contributed by atoms with van der Waals surface area (Å²) in [5.41, 5.74) is 2.61. The van der Waals surface area contributed by atoms with Crippen LogP contribution in [0.1, 0.15) is 32.4 Å². The molecule has 3 aromatic rings. The molecule has 0 saturated heterocycles. The monoisotopic (exact) mass is 420 g/mol. The summed E-state index contributed by atoms with van der Waals surface area (Å²) in [6.07, 6.45) is 0.0696. The maximum Gasteiger partial charge on any atom is 0.255 e. The standard InChI is InChI=1S/C22H24N6O3/c1-13(2)31-16-11-9-15(10-12-16)20-19(14(3)23-22-25-26-27-28(20)22)21(29)24-17-7-5-6-8-18(17)30-4/h5-13,20H,1-4H3,(H,24,29)(H,23,25,27). The molecule has 9 nitrogen and oxygen atoms in total. The molecule has 4 rings (SSSR count). The number of aromatic nitrogens is 4. The fourth-order valence-electron chi connectivity index (χ4n) is 3.55. The first-order valence-electron chi connectivity index (χ1n) is 9.94. The molecule has 2 aromatic carbocycles. The second kappa shape index (κ2) is 8.47. The van der Waals surface area contributed by atoms with Crippen molar-refractivity contribution in [2.75, 3.05) is 17.7 Å². The van der Waals surface area contributed by atoms with Crippen LogP contribution in [0.2, 0.25) is 0 Å². The third kappa shape index (κ3) is 4.07. The van der Waals surface area contributed by atoms with E-state index >= 15 is 0 Å². The number of hydrogen-bond acceptors (Lipinski definition) is 7. The van der Waals surface area contributed by atoms with Crippen molar-refractivity contribution in [3.8, 4) is 11.5 Å². The third-order valence-corrected chi connectivity index (χ3v) is 4.88. The molecule has 160 valence electrons. The van der Waals surface area contributed by atoms with Crippen LogP contribution in [0.4, 0.5) is 11.6 Å². The van der Waals surface area contributed by atoms with Crippen LogP contribution in [-0.4, -0.2) is 39.3 Å². The molecule has 2 heterocycles. The third-order valence-electron chi connectivity index (χ3n) is 4.88.